The van der Waals surface area contributed by atoms with Gasteiger partial charge in [-0.3, -0.25) is 4.90 Å². The number of benzene rings is 1. The number of hydrogen-bond acceptors (Lipinski definition) is 6. The minimum Gasteiger partial charge on any atom is -0.368 e. The Morgan fingerprint density at radius 2 is 1.86 bits per heavy atom. The molecule has 1 atom stereocenters. The second-order valence-electron chi connectivity index (χ2n) is 7.47. The van der Waals surface area contributed by atoms with E-state index in [1.807, 2.05) is 42.9 Å². The van der Waals surface area contributed by atoms with E-state index in [0.29, 0.717) is 16.9 Å². The first-order valence-corrected chi connectivity index (χ1v) is 10.4. The third kappa shape index (κ3) is 4.71. The van der Waals surface area contributed by atoms with E-state index in [2.05, 4.69) is 31.8 Å². The molecule has 2 aromatic heterocycles. The number of aryl methyl sites for hydroxylation is 1. The second kappa shape index (κ2) is 8.84. The van der Waals surface area contributed by atoms with Gasteiger partial charge in [-0.1, -0.05) is 30.7 Å². The number of nitrogens with two attached hydrogens (primary N) is 1. The summed E-state index contributed by atoms with van der Waals surface area (Å²) in [7, 11) is 0. The van der Waals surface area contributed by atoms with Crippen molar-refractivity contribution in [2.24, 2.45) is 0 Å². The van der Waals surface area contributed by atoms with Crippen LogP contribution in [0.25, 0.3) is 11.1 Å². The van der Waals surface area contributed by atoms with Gasteiger partial charge in [0.05, 0.1) is 5.69 Å². The molecule has 0 aliphatic carbocycles. The number of hydrogen-bond donors (Lipinski definition) is 1. The van der Waals surface area contributed by atoms with E-state index in [9.17, 15) is 0 Å². The number of nitrogen functional groups attached to an aromatic ring is 1. The number of anilines is 1. The zero-order valence-electron chi connectivity index (χ0n) is 16.6. The molecule has 0 saturated carbocycles. The lowest BCUT2D eigenvalue weighted by atomic mass is 9.90. The Balaban J connectivity index is 1.56. The summed E-state index contributed by atoms with van der Waals surface area (Å²) in [4.78, 5) is 20.2. The van der Waals surface area contributed by atoms with Gasteiger partial charge >= 0.3 is 0 Å². The molecule has 1 aromatic carbocycles. The fraction of sp³-hybridized carbons (Fsp3) is 0.364. The van der Waals surface area contributed by atoms with Gasteiger partial charge in [0.25, 0.3) is 0 Å². The lowest BCUT2D eigenvalue weighted by molar-refractivity contribution is 0.198. The molecule has 29 heavy (non-hydrogen) atoms. The summed E-state index contributed by atoms with van der Waals surface area (Å²) in [5, 5.41) is 0.715. The van der Waals surface area contributed by atoms with Crippen molar-refractivity contribution in [1.29, 1.82) is 0 Å². The van der Waals surface area contributed by atoms with Crippen molar-refractivity contribution in [3.05, 3.63) is 65.0 Å². The molecule has 6 nitrogen and oxygen atoms in total. The van der Waals surface area contributed by atoms with Crippen LogP contribution in [0.1, 0.15) is 42.8 Å². The fourth-order valence-corrected chi connectivity index (χ4v) is 4.02. The molecule has 3 heterocycles. The van der Waals surface area contributed by atoms with Crippen LogP contribution in [0.2, 0.25) is 5.02 Å². The molecule has 0 radical (unpaired) electrons. The summed E-state index contributed by atoms with van der Waals surface area (Å²) in [6.45, 7) is 4.89. The third-order valence-electron chi connectivity index (χ3n) is 5.37. The van der Waals surface area contributed by atoms with Crippen LogP contribution in [-0.4, -0.2) is 37.9 Å². The topological polar surface area (TPSA) is 80.8 Å². The minimum atomic E-state index is 0.301. The van der Waals surface area contributed by atoms with Crippen LogP contribution in [0, 0.1) is 0 Å². The van der Waals surface area contributed by atoms with Crippen LogP contribution in [0.4, 0.5) is 5.95 Å². The van der Waals surface area contributed by atoms with Gasteiger partial charge in [-0.15, -0.1) is 0 Å². The molecule has 1 aliphatic rings. The van der Waals surface area contributed by atoms with Gasteiger partial charge < -0.3 is 5.73 Å². The molecule has 3 aromatic rings. The monoisotopic (exact) mass is 408 g/mol. The van der Waals surface area contributed by atoms with E-state index in [1.165, 1.54) is 0 Å². The number of rotatable bonds is 5. The first-order chi connectivity index (χ1) is 14.1. The Labute approximate surface area is 176 Å². The molecule has 1 aliphatic heterocycles. The first-order valence-electron chi connectivity index (χ1n) is 10.0. The molecule has 1 fully saturated rings. The normalized spacial score (nSPS) is 17.4. The van der Waals surface area contributed by atoms with Gasteiger partial charge in [0, 0.05) is 60.2 Å². The summed E-state index contributed by atoms with van der Waals surface area (Å²) < 4.78 is 0. The van der Waals surface area contributed by atoms with Crippen LogP contribution in [0.15, 0.2) is 42.9 Å². The maximum atomic E-state index is 6.06. The highest BCUT2D eigenvalue weighted by molar-refractivity contribution is 6.30. The van der Waals surface area contributed by atoms with Crippen LogP contribution < -0.4 is 5.73 Å². The first kappa shape index (κ1) is 19.7. The lowest BCUT2D eigenvalue weighted by Gasteiger charge is -2.33. The smallest absolute Gasteiger partial charge is 0.220 e. The van der Waals surface area contributed by atoms with Crippen LogP contribution in [0.3, 0.4) is 0 Å². The number of halogens is 1. The van der Waals surface area contributed by atoms with Crippen molar-refractivity contribution in [1.82, 2.24) is 24.8 Å². The Bertz CT molecular complexity index is 958. The minimum absolute atomic E-state index is 0.301. The Hall–Kier alpha value is -2.57. The van der Waals surface area contributed by atoms with Crippen molar-refractivity contribution in [3.63, 3.8) is 0 Å². The average molecular weight is 409 g/mol. The highest BCUT2D eigenvalue weighted by atomic mass is 35.5. The Kier molecular flexibility index (Phi) is 6.02. The van der Waals surface area contributed by atoms with Gasteiger partial charge in [0.2, 0.25) is 5.95 Å². The van der Waals surface area contributed by atoms with Crippen molar-refractivity contribution < 1.29 is 0 Å². The Morgan fingerprint density at radius 3 is 2.59 bits per heavy atom. The number of piperidine rings is 1. The van der Waals surface area contributed by atoms with Gasteiger partial charge in [-0.2, -0.15) is 0 Å². The Morgan fingerprint density at radius 1 is 1.10 bits per heavy atom. The quantitative estimate of drug-likeness (QED) is 0.684. The summed E-state index contributed by atoms with van der Waals surface area (Å²) in [6, 6.07) is 7.80. The summed E-state index contributed by atoms with van der Waals surface area (Å²) in [5.41, 5.74) is 10.2. The van der Waals surface area contributed by atoms with E-state index >= 15 is 0 Å². The zero-order chi connectivity index (χ0) is 20.2. The van der Waals surface area contributed by atoms with E-state index in [1.54, 1.807) is 0 Å². The van der Waals surface area contributed by atoms with E-state index in [-0.39, 0.29) is 0 Å². The fourth-order valence-electron chi connectivity index (χ4n) is 3.90. The van der Waals surface area contributed by atoms with Gasteiger partial charge in [0.1, 0.15) is 5.82 Å². The molecule has 7 heteroatoms. The van der Waals surface area contributed by atoms with Crippen LogP contribution in [-0.2, 0) is 13.0 Å². The van der Waals surface area contributed by atoms with Crippen molar-refractivity contribution in [2.45, 2.75) is 38.6 Å². The summed E-state index contributed by atoms with van der Waals surface area (Å²) in [5.74, 6) is 1.50. The summed E-state index contributed by atoms with van der Waals surface area (Å²) in [6.07, 6.45) is 8.77. The van der Waals surface area contributed by atoms with E-state index in [4.69, 9.17) is 17.3 Å². The number of nitrogens with zero attached hydrogens (tertiary/aromatic N) is 5. The largest absolute Gasteiger partial charge is 0.368 e. The van der Waals surface area contributed by atoms with Crippen molar-refractivity contribution >= 4 is 17.5 Å². The molecule has 2 N–H and O–H groups in total. The molecular formula is C22H25ClN6. The van der Waals surface area contributed by atoms with Crippen LogP contribution >= 0.6 is 11.6 Å². The molecule has 0 amide bonds. The number of likely N-dealkylation sites (tertiary alicyclic amines) is 1. The standard InChI is InChI=1S/C22H25ClN6/c1-2-20-25-10-15(11-26-20)13-29-9-3-4-17(14-29)21-19(12-27-22(24)28-21)16-5-7-18(23)8-6-16/h5-8,10-12,17H,2-4,9,13-14H2,1H3,(H2,24,27,28). The van der Waals surface area contributed by atoms with E-state index < -0.39 is 0 Å². The second-order valence-corrected chi connectivity index (χ2v) is 7.91. The van der Waals surface area contributed by atoms with Gasteiger partial charge in [-0.25, -0.2) is 19.9 Å². The molecular weight excluding hydrogens is 384 g/mol. The highest BCUT2D eigenvalue weighted by Gasteiger charge is 2.25. The SMILES string of the molecule is CCc1ncc(CN2CCCC(c3nc(N)ncc3-c3ccc(Cl)cc3)C2)cn1. The molecule has 0 bridgehead atoms. The number of aromatic nitrogens is 4. The zero-order valence-corrected chi connectivity index (χ0v) is 17.3. The molecule has 1 unspecified atom stereocenters. The lowest BCUT2D eigenvalue weighted by Crippen LogP contribution is -2.34. The van der Waals surface area contributed by atoms with Gasteiger partial charge in [-0.05, 0) is 37.1 Å². The third-order valence-corrected chi connectivity index (χ3v) is 5.62. The van der Waals surface area contributed by atoms with Crippen molar-refractivity contribution in [3.8, 4) is 11.1 Å². The van der Waals surface area contributed by atoms with Gasteiger partial charge in [0.15, 0.2) is 0 Å². The highest BCUT2D eigenvalue weighted by Crippen LogP contribution is 2.34. The maximum Gasteiger partial charge on any atom is 0.220 e. The predicted octanol–water partition coefficient (Wildman–Crippen LogP) is 4.11. The van der Waals surface area contributed by atoms with E-state index in [0.717, 1.165) is 67.1 Å². The molecule has 4 rings (SSSR count). The summed E-state index contributed by atoms with van der Waals surface area (Å²) >= 11 is 6.06. The molecule has 1 saturated heterocycles. The van der Waals surface area contributed by atoms with Crippen LogP contribution in [0.5, 0.6) is 0 Å². The molecule has 0 spiro atoms. The van der Waals surface area contributed by atoms with Crippen molar-refractivity contribution in [2.75, 3.05) is 18.8 Å². The maximum absolute atomic E-state index is 6.06. The average Bonchev–Trinajstić information content (AvgIpc) is 2.75. The molecule has 150 valence electrons. The predicted molar refractivity (Wildman–Crippen MR) is 116 cm³/mol.